The van der Waals surface area contributed by atoms with Crippen LogP contribution in [0.2, 0.25) is 0 Å². The summed E-state index contributed by atoms with van der Waals surface area (Å²) in [5.74, 6) is 0.0460. The predicted molar refractivity (Wildman–Crippen MR) is 86.3 cm³/mol. The molecule has 1 aliphatic rings. The number of rotatable bonds is 5. The van der Waals surface area contributed by atoms with Gasteiger partial charge < -0.3 is 10.1 Å². The highest BCUT2D eigenvalue weighted by molar-refractivity contribution is 5.89. The minimum atomic E-state index is -0.00623. The third-order valence-corrected chi connectivity index (χ3v) is 3.25. The summed E-state index contributed by atoms with van der Waals surface area (Å²) >= 11 is 0. The van der Waals surface area contributed by atoms with E-state index < -0.39 is 0 Å². The first-order chi connectivity index (χ1) is 10.3. The average molecular weight is 290 g/mol. The van der Waals surface area contributed by atoms with E-state index in [0.717, 1.165) is 18.4 Å². The van der Waals surface area contributed by atoms with Gasteiger partial charge in [-0.25, -0.2) is 0 Å². The number of hydrogen-bond acceptors (Lipinski definition) is 3. The van der Waals surface area contributed by atoms with Crippen LogP contribution in [0.4, 0.5) is 0 Å². The molecule has 1 N–H and O–H groups in total. The summed E-state index contributed by atoms with van der Waals surface area (Å²) in [6.07, 6.45) is 3.04. The molecule has 2 atom stereocenters. The number of aliphatic imine (C=N–C) groups is 1. The number of amides is 1. The van der Waals surface area contributed by atoms with E-state index >= 15 is 0 Å². The monoisotopic (exact) mass is 290 g/mol. The molecule has 116 valence electrons. The molecule has 0 spiro atoms. The van der Waals surface area contributed by atoms with Gasteiger partial charge in [-0.15, -0.1) is 0 Å². The third-order valence-electron chi connectivity index (χ3n) is 3.25. The Balaban J connectivity index is 0.00000106. The molecule has 1 aromatic rings. The Kier molecular flexibility index (Phi) is 8.36. The Morgan fingerprint density at radius 3 is 2.71 bits per heavy atom. The zero-order valence-corrected chi connectivity index (χ0v) is 13.2. The fourth-order valence-electron chi connectivity index (χ4n) is 2.16. The van der Waals surface area contributed by atoms with Crippen LogP contribution in [-0.2, 0) is 16.1 Å². The summed E-state index contributed by atoms with van der Waals surface area (Å²) in [5, 5.41) is 2.70. The second-order valence-corrected chi connectivity index (χ2v) is 4.90. The molecule has 0 saturated carbocycles. The van der Waals surface area contributed by atoms with Gasteiger partial charge in [0.1, 0.15) is 0 Å². The first-order valence-electron chi connectivity index (χ1n) is 7.69. The van der Waals surface area contributed by atoms with Gasteiger partial charge in [-0.3, -0.25) is 9.79 Å². The van der Waals surface area contributed by atoms with Crippen LogP contribution >= 0.6 is 0 Å². The predicted octanol–water partition coefficient (Wildman–Crippen LogP) is 3.17. The highest BCUT2D eigenvalue weighted by Gasteiger charge is 2.22. The van der Waals surface area contributed by atoms with E-state index in [1.54, 1.807) is 0 Å². The molecule has 1 heterocycles. The topological polar surface area (TPSA) is 50.7 Å². The van der Waals surface area contributed by atoms with E-state index in [0.29, 0.717) is 13.2 Å². The van der Waals surface area contributed by atoms with Gasteiger partial charge in [-0.1, -0.05) is 44.2 Å². The van der Waals surface area contributed by atoms with Crippen LogP contribution in [0, 0.1) is 5.92 Å². The van der Waals surface area contributed by atoms with Crippen molar-refractivity contribution in [3.8, 4) is 0 Å². The maximum atomic E-state index is 11.8. The highest BCUT2D eigenvalue weighted by atomic mass is 16.5. The minimum Gasteiger partial charge on any atom is -0.377 e. The van der Waals surface area contributed by atoms with Gasteiger partial charge in [0, 0.05) is 18.6 Å². The molecule has 0 bridgehead atoms. The van der Waals surface area contributed by atoms with Crippen molar-refractivity contribution >= 4 is 12.2 Å². The zero-order chi connectivity index (χ0) is 15.5. The second-order valence-electron chi connectivity index (χ2n) is 4.90. The Morgan fingerprint density at radius 1 is 1.29 bits per heavy atom. The lowest BCUT2D eigenvalue weighted by Gasteiger charge is -2.14. The lowest BCUT2D eigenvalue weighted by Crippen LogP contribution is -2.29. The standard InChI is InChI=1S/C15H20N2O2.C2H6/c1-12-9-14(15(18)17-11-16-12)7-8-19-10-13-5-3-2-4-6-13;1-2/h2-6,11-12,14H,7-10H2,1H3,(H,16,17,18);1-2H3. The van der Waals surface area contributed by atoms with Crippen LogP contribution in [-0.4, -0.2) is 24.9 Å². The molecule has 4 nitrogen and oxygen atoms in total. The van der Waals surface area contributed by atoms with Crippen molar-refractivity contribution in [2.75, 3.05) is 6.61 Å². The van der Waals surface area contributed by atoms with Crippen molar-refractivity contribution in [2.24, 2.45) is 10.9 Å². The summed E-state index contributed by atoms with van der Waals surface area (Å²) in [6, 6.07) is 10.2. The van der Waals surface area contributed by atoms with Crippen LogP contribution in [0.25, 0.3) is 0 Å². The number of nitrogens with zero attached hydrogens (tertiary/aromatic N) is 1. The molecule has 2 rings (SSSR count). The van der Waals surface area contributed by atoms with E-state index in [4.69, 9.17) is 4.74 Å². The minimum absolute atomic E-state index is 0.00623. The Labute approximate surface area is 127 Å². The van der Waals surface area contributed by atoms with Crippen LogP contribution in [0.15, 0.2) is 35.3 Å². The van der Waals surface area contributed by atoms with E-state index in [1.165, 1.54) is 6.34 Å². The summed E-state index contributed by atoms with van der Waals surface area (Å²) in [4.78, 5) is 16.0. The molecular formula is C17H26N2O2. The second kappa shape index (κ2) is 10.1. The zero-order valence-electron chi connectivity index (χ0n) is 13.2. The number of hydrogen-bond donors (Lipinski definition) is 1. The van der Waals surface area contributed by atoms with Crippen LogP contribution in [0.3, 0.4) is 0 Å². The van der Waals surface area contributed by atoms with Crippen molar-refractivity contribution in [2.45, 2.75) is 46.3 Å². The van der Waals surface area contributed by atoms with Gasteiger partial charge in [0.2, 0.25) is 5.91 Å². The first-order valence-corrected chi connectivity index (χ1v) is 7.69. The normalized spacial score (nSPS) is 21.0. The molecule has 0 fully saturated rings. The molecule has 0 radical (unpaired) electrons. The van der Waals surface area contributed by atoms with Crippen LogP contribution in [0.5, 0.6) is 0 Å². The quantitative estimate of drug-likeness (QED) is 0.847. The maximum Gasteiger partial charge on any atom is 0.228 e. The van der Waals surface area contributed by atoms with Crippen molar-refractivity contribution < 1.29 is 9.53 Å². The Hall–Kier alpha value is -1.68. The van der Waals surface area contributed by atoms with Crippen molar-refractivity contribution in [1.29, 1.82) is 0 Å². The molecule has 1 aliphatic heterocycles. The average Bonchev–Trinajstić information content (AvgIpc) is 2.68. The van der Waals surface area contributed by atoms with Gasteiger partial charge in [-0.2, -0.15) is 0 Å². The lowest BCUT2D eigenvalue weighted by molar-refractivity contribution is -0.124. The smallest absolute Gasteiger partial charge is 0.228 e. The number of carbonyl (C=O) groups excluding carboxylic acids is 1. The molecular weight excluding hydrogens is 264 g/mol. The summed E-state index contributed by atoms with van der Waals surface area (Å²) in [6.45, 7) is 7.22. The first kappa shape index (κ1) is 17.4. The highest BCUT2D eigenvalue weighted by Crippen LogP contribution is 2.16. The number of benzene rings is 1. The van der Waals surface area contributed by atoms with Crippen LogP contribution in [0.1, 0.15) is 39.2 Å². The molecule has 4 heteroatoms. The summed E-state index contributed by atoms with van der Waals surface area (Å²) < 4.78 is 5.63. The Bertz CT molecular complexity index is 432. The molecule has 0 saturated heterocycles. The Morgan fingerprint density at radius 2 is 2.00 bits per heavy atom. The third kappa shape index (κ3) is 6.54. The number of ether oxygens (including phenoxy) is 1. The van der Waals surface area contributed by atoms with Gasteiger partial charge in [0.05, 0.1) is 12.9 Å². The maximum absolute atomic E-state index is 11.8. The summed E-state index contributed by atoms with van der Waals surface area (Å²) in [7, 11) is 0. The molecule has 2 unspecified atom stereocenters. The lowest BCUT2D eigenvalue weighted by atomic mass is 9.97. The molecule has 0 aromatic heterocycles. The van der Waals surface area contributed by atoms with Gasteiger partial charge >= 0.3 is 0 Å². The molecule has 0 aliphatic carbocycles. The van der Waals surface area contributed by atoms with E-state index in [-0.39, 0.29) is 17.9 Å². The van der Waals surface area contributed by atoms with Crippen LogP contribution < -0.4 is 5.32 Å². The number of nitrogens with one attached hydrogen (secondary N) is 1. The van der Waals surface area contributed by atoms with Crippen molar-refractivity contribution in [3.63, 3.8) is 0 Å². The van der Waals surface area contributed by atoms with E-state index in [1.807, 2.05) is 51.1 Å². The number of carbonyl (C=O) groups is 1. The van der Waals surface area contributed by atoms with E-state index in [9.17, 15) is 4.79 Å². The van der Waals surface area contributed by atoms with Gasteiger partial charge in [-0.05, 0) is 25.3 Å². The van der Waals surface area contributed by atoms with Crippen molar-refractivity contribution in [3.05, 3.63) is 35.9 Å². The molecule has 1 amide bonds. The van der Waals surface area contributed by atoms with Crippen molar-refractivity contribution in [1.82, 2.24) is 5.32 Å². The van der Waals surface area contributed by atoms with E-state index in [2.05, 4.69) is 10.3 Å². The van der Waals surface area contributed by atoms with Gasteiger partial charge in [0.15, 0.2) is 0 Å². The fourth-order valence-corrected chi connectivity index (χ4v) is 2.16. The summed E-state index contributed by atoms with van der Waals surface area (Å²) in [5.41, 5.74) is 1.16. The fraction of sp³-hybridized carbons (Fsp3) is 0.529. The molecule has 21 heavy (non-hydrogen) atoms. The largest absolute Gasteiger partial charge is 0.377 e. The van der Waals surface area contributed by atoms with Gasteiger partial charge in [0.25, 0.3) is 0 Å². The molecule has 1 aromatic carbocycles. The SMILES string of the molecule is CC.CC1CC(CCOCc2ccccc2)C(=O)NC=N1.